The van der Waals surface area contributed by atoms with Gasteiger partial charge in [0, 0.05) is 30.1 Å². The number of rotatable bonds is 26. The number of imidazole rings is 1. The molecule has 0 radical (unpaired) electrons. The summed E-state index contributed by atoms with van der Waals surface area (Å²) < 4.78 is 14.5. The highest BCUT2D eigenvalue weighted by atomic mass is 31.2. The lowest BCUT2D eigenvalue weighted by Crippen LogP contribution is -2.24. The summed E-state index contributed by atoms with van der Waals surface area (Å²) in [6.07, 6.45) is 25.0. The van der Waals surface area contributed by atoms with Gasteiger partial charge in [-0.15, -0.1) is 0 Å². The number of aromatic nitrogens is 3. The van der Waals surface area contributed by atoms with Crippen molar-refractivity contribution in [1.29, 1.82) is 0 Å². The van der Waals surface area contributed by atoms with Crippen LogP contribution in [0.3, 0.4) is 0 Å². The maximum atomic E-state index is 12.7. The molecule has 3 aromatic rings. The Morgan fingerprint density at radius 2 is 1.40 bits per heavy atom. The number of hydrogen-bond acceptors (Lipinski definition) is 6. The van der Waals surface area contributed by atoms with Gasteiger partial charge in [0.1, 0.15) is 30.6 Å². The molecule has 0 spiro atoms. The van der Waals surface area contributed by atoms with Gasteiger partial charge in [0.2, 0.25) is 5.91 Å². The van der Waals surface area contributed by atoms with Crippen LogP contribution in [-0.2, 0) is 15.8 Å². The van der Waals surface area contributed by atoms with Crippen LogP contribution in [0.2, 0.25) is 0 Å². The Morgan fingerprint density at radius 3 is 2.00 bits per heavy atom. The van der Waals surface area contributed by atoms with Gasteiger partial charge in [-0.2, -0.15) is 4.73 Å². The van der Waals surface area contributed by atoms with E-state index in [2.05, 4.69) is 24.1 Å². The summed E-state index contributed by atoms with van der Waals surface area (Å²) in [7, 11) is -2.44. The number of nitrogens with one attached hydrogen (secondary N) is 1. The van der Waals surface area contributed by atoms with Crippen molar-refractivity contribution in [3.63, 3.8) is 0 Å². The minimum atomic E-state index is -2.44. The van der Waals surface area contributed by atoms with E-state index in [0.717, 1.165) is 67.0 Å². The van der Waals surface area contributed by atoms with Crippen LogP contribution in [0.4, 0.5) is 5.82 Å². The molecule has 1 aromatic carbocycles. The van der Waals surface area contributed by atoms with Gasteiger partial charge in [0.05, 0.1) is 5.52 Å². The lowest BCUT2D eigenvalue weighted by atomic mass is 10.0. The molecule has 2 heterocycles. The average Bonchev–Trinajstić information content (AvgIpc) is 3.41. The predicted octanol–water partition coefficient (Wildman–Crippen LogP) is 9.34. The van der Waals surface area contributed by atoms with E-state index in [1.54, 1.807) is 13.3 Å². The number of carbonyl (C=O) groups is 1. The lowest BCUT2D eigenvalue weighted by Gasteiger charge is -2.13. The van der Waals surface area contributed by atoms with Crippen molar-refractivity contribution in [2.24, 2.45) is 0 Å². The maximum absolute atomic E-state index is 12.7. The van der Waals surface area contributed by atoms with Crippen molar-refractivity contribution in [1.82, 2.24) is 20.0 Å². The molecule has 0 saturated heterocycles. The molecule has 2 aromatic heterocycles. The Balaban J connectivity index is 1.33. The third-order valence-corrected chi connectivity index (χ3v) is 10.6. The first kappa shape index (κ1) is 38.8. The van der Waals surface area contributed by atoms with Gasteiger partial charge >= 0.3 is 0 Å². The van der Waals surface area contributed by atoms with Gasteiger partial charge in [0.15, 0.2) is 5.82 Å². The molecular formula is C38H64N5O3P. The molecule has 0 aliphatic rings. The SMILES string of the molecule is CCCCCCCCCCCCCCCCCC(=O)NCCCCOn1c(CCCC)nc2c(N)nc3cc(P(C)(C)=O)ccc3c21. The number of amides is 1. The molecule has 0 aliphatic carbocycles. The Kier molecular flexibility index (Phi) is 17.7. The third kappa shape index (κ3) is 13.4. The molecule has 8 nitrogen and oxygen atoms in total. The minimum absolute atomic E-state index is 0.153. The van der Waals surface area contributed by atoms with Crippen LogP contribution in [0.5, 0.6) is 0 Å². The van der Waals surface area contributed by atoms with Crippen LogP contribution < -0.4 is 21.2 Å². The van der Waals surface area contributed by atoms with Crippen molar-refractivity contribution < 1.29 is 14.2 Å². The number of nitrogens with zero attached hydrogens (tertiary/aromatic N) is 3. The van der Waals surface area contributed by atoms with E-state index in [1.165, 1.54) is 83.5 Å². The van der Waals surface area contributed by atoms with Crippen LogP contribution >= 0.6 is 7.14 Å². The number of aryl methyl sites for hydroxylation is 1. The van der Waals surface area contributed by atoms with Crippen LogP contribution in [0.15, 0.2) is 18.2 Å². The van der Waals surface area contributed by atoms with Crippen LogP contribution in [-0.4, -0.2) is 47.1 Å². The monoisotopic (exact) mass is 669 g/mol. The smallest absolute Gasteiger partial charge is 0.219 e. The minimum Gasteiger partial charge on any atom is -0.412 e. The fourth-order valence-corrected chi connectivity index (χ4v) is 7.05. The number of anilines is 1. The highest BCUT2D eigenvalue weighted by molar-refractivity contribution is 7.70. The zero-order chi connectivity index (χ0) is 33.9. The average molecular weight is 670 g/mol. The van der Waals surface area contributed by atoms with Crippen LogP contribution in [0, 0.1) is 0 Å². The molecule has 1 amide bonds. The summed E-state index contributed by atoms with van der Waals surface area (Å²) in [5.74, 6) is 1.34. The Labute approximate surface area is 284 Å². The topological polar surface area (TPSA) is 112 Å². The second-order valence-electron chi connectivity index (χ2n) is 13.8. The number of pyridine rings is 1. The number of fused-ring (bicyclic) bond motifs is 3. The molecule has 264 valence electrons. The van der Waals surface area contributed by atoms with E-state index in [9.17, 15) is 9.36 Å². The van der Waals surface area contributed by atoms with Gasteiger partial charge < -0.3 is 20.5 Å². The molecule has 0 bridgehead atoms. The summed E-state index contributed by atoms with van der Waals surface area (Å²) in [5, 5.41) is 4.74. The highest BCUT2D eigenvalue weighted by Gasteiger charge is 2.20. The quantitative estimate of drug-likeness (QED) is 0.0651. The van der Waals surface area contributed by atoms with Crippen molar-refractivity contribution in [2.75, 3.05) is 32.2 Å². The second kappa shape index (κ2) is 21.4. The number of benzene rings is 1. The number of hydrogen-bond donors (Lipinski definition) is 2. The summed E-state index contributed by atoms with van der Waals surface area (Å²) >= 11 is 0. The third-order valence-electron chi connectivity index (χ3n) is 9.12. The number of carbonyl (C=O) groups excluding carboxylic acids is 1. The Morgan fingerprint density at radius 1 is 0.809 bits per heavy atom. The number of unbranched alkanes of at least 4 members (excludes halogenated alkanes) is 16. The molecule has 3 N–H and O–H groups in total. The van der Waals surface area contributed by atoms with Crippen molar-refractivity contribution in [3.05, 3.63) is 24.0 Å². The maximum Gasteiger partial charge on any atom is 0.219 e. The van der Waals surface area contributed by atoms with Gasteiger partial charge in [-0.25, -0.2) is 9.97 Å². The molecule has 9 heteroatoms. The zero-order valence-corrected chi connectivity index (χ0v) is 31.0. The molecule has 0 fully saturated rings. The Hall–Kier alpha value is -2.60. The molecule has 0 aliphatic heterocycles. The van der Waals surface area contributed by atoms with Gasteiger partial charge in [-0.3, -0.25) is 4.79 Å². The molecule has 0 saturated carbocycles. The van der Waals surface area contributed by atoms with E-state index < -0.39 is 7.14 Å². The number of nitrogen functional groups attached to an aromatic ring is 1. The molecule has 0 atom stereocenters. The summed E-state index contributed by atoms with van der Waals surface area (Å²) in [6, 6.07) is 5.74. The summed E-state index contributed by atoms with van der Waals surface area (Å²) in [4.78, 5) is 28.1. The summed E-state index contributed by atoms with van der Waals surface area (Å²) in [5.41, 5.74) is 8.51. The zero-order valence-electron chi connectivity index (χ0n) is 30.1. The van der Waals surface area contributed by atoms with Gasteiger partial charge in [-0.1, -0.05) is 116 Å². The van der Waals surface area contributed by atoms with E-state index in [4.69, 9.17) is 15.6 Å². The van der Waals surface area contributed by atoms with Crippen molar-refractivity contribution in [3.8, 4) is 0 Å². The molecular weight excluding hydrogens is 605 g/mol. The normalized spacial score (nSPS) is 11.9. The largest absolute Gasteiger partial charge is 0.412 e. The number of nitrogens with two attached hydrogens (primary N) is 1. The summed E-state index contributed by atoms with van der Waals surface area (Å²) in [6.45, 7) is 9.11. The van der Waals surface area contributed by atoms with Crippen LogP contribution in [0.25, 0.3) is 21.9 Å². The lowest BCUT2D eigenvalue weighted by molar-refractivity contribution is -0.121. The second-order valence-corrected chi connectivity index (χ2v) is 17.0. The van der Waals surface area contributed by atoms with E-state index in [-0.39, 0.29) is 5.91 Å². The standard InChI is InChI=1S/C38H64N5O3P/c1-5-7-9-10-11-12-13-14-15-16-17-18-19-20-21-25-35(44)40-28-22-23-29-46-43-34(24-8-6-2)42-36-37(43)32-27-26-31(47(3,4)45)30-33(32)41-38(36)39/h26-27,30H,5-25,28-29H2,1-4H3,(H2,39,41)(H,40,44). The first-order valence-electron chi connectivity index (χ1n) is 18.8. The first-order chi connectivity index (χ1) is 22.8. The van der Waals surface area contributed by atoms with Crippen molar-refractivity contribution >= 4 is 46.1 Å². The van der Waals surface area contributed by atoms with Gasteiger partial charge in [-0.05, 0) is 51.1 Å². The highest BCUT2D eigenvalue weighted by Crippen LogP contribution is 2.36. The first-order valence-corrected chi connectivity index (χ1v) is 21.4. The van der Waals surface area contributed by atoms with Crippen molar-refractivity contribution in [2.45, 2.75) is 149 Å². The fraction of sp³-hybridized carbons (Fsp3) is 0.711. The van der Waals surface area contributed by atoms with Crippen LogP contribution in [0.1, 0.15) is 148 Å². The Bertz CT molecular complexity index is 1400. The fourth-order valence-electron chi connectivity index (χ4n) is 6.19. The van der Waals surface area contributed by atoms with E-state index in [0.29, 0.717) is 36.4 Å². The van der Waals surface area contributed by atoms with Gasteiger partial charge in [0.25, 0.3) is 0 Å². The molecule has 47 heavy (non-hydrogen) atoms. The van der Waals surface area contributed by atoms with E-state index in [1.807, 2.05) is 22.9 Å². The predicted molar refractivity (Wildman–Crippen MR) is 200 cm³/mol. The van der Waals surface area contributed by atoms with E-state index >= 15 is 0 Å². The molecule has 0 unspecified atom stereocenters. The molecule has 3 rings (SSSR count).